The average Bonchev–Trinajstić information content (AvgIpc) is 2.50. The molecule has 1 aromatic carbocycles. The minimum absolute atomic E-state index is 0.720. The number of hydrogen-bond donors (Lipinski definition) is 0. The largest absolute Gasteiger partial charge is 0.493 e. The first-order valence-corrected chi connectivity index (χ1v) is 8.56. The van der Waals surface area contributed by atoms with E-state index in [9.17, 15) is 0 Å². The zero-order valence-electron chi connectivity index (χ0n) is 13.5. The van der Waals surface area contributed by atoms with Crippen molar-refractivity contribution in [3.8, 4) is 5.75 Å². The highest BCUT2D eigenvalue weighted by atomic mass is 16.5. The van der Waals surface area contributed by atoms with Gasteiger partial charge in [0.15, 0.2) is 0 Å². The number of fused-ring (bicyclic) bond motifs is 1. The predicted octanol–water partition coefficient (Wildman–Crippen LogP) is 6.04. The molecule has 1 nitrogen and oxygen atoms in total. The third-order valence-electron chi connectivity index (χ3n) is 4.71. The Morgan fingerprint density at radius 1 is 1.20 bits per heavy atom. The molecule has 0 saturated carbocycles. The molecule has 0 radical (unpaired) electrons. The standard InChI is InChI=1S/C19H30O/c1-4-7-9-16-12-13-20-19-11-10-17(14-18(16)19)15(6-3)8-5-2/h10-11,14-16H,4-9,12-13H2,1-3H3. The van der Waals surface area contributed by atoms with Gasteiger partial charge in [0.25, 0.3) is 0 Å². The van der Waals surface area contributed by atoms with Gasteiger partial charge in [-0.1, -0.05) is 52.2 Å². The van der Waals surface area contributed by atoms with Crippen LogP contribution >= 0.6 is 0 Å². The molecule has 1 heterocycles. The first-order valence-electron chi connectivity index (χ1n) is 8.56. The normalized spacial score (nSPS) is 19.2. The van der Waals surface area contributed by atoms with Gasteiger partial charge < -0.3 is 4.74 Å². The molecule has 0 bridgehead atoms. The van der Waals surface area contributed by atoms with Gasteiger partial charge in [0.2, 0.25) is 0 Å². The van der Waals surface area contributed by atoms with Crippen LogP contribution in [0.15, 0.2) is 18.2 Å². The summed E-state index contributed by atoms with van der Waals surface area (Å²) >= 11 is 0. The Morgan fingerprint density at radius 2 is 2.05 bits per heavy atom. The van der Waals surface area contributed by atoms with E-state index in [0.717, 1.165) is 24.2 Å². The van der Waals surface area contributed by atoms with Crippen LogP contribution < -0.4 is 4.74 Å². The SMILES string of the molecule is CCCCC1CCOc2ccc(C(CC)CCC)cc21. The lowest BCUT2D eigenvalue weighted by Crippen LogP contribution is -2.15. The van der Waals surface area contributed by atoms with Crippen molar-refractivity contribution in [1.29, 1.82) is 0 Å². The average molecular weight is 274 g/mol. The maximum atomic E-state index is 5.86. The third-order valence-corrected chi connectivity index (χ3v) is 4.71. The summed E-state index contributed by atoms with van der Waals surface area (Å²) in [5.41, 5.74) is 3.01. The summed E-state index contributed by atoms with van der Waals surface area (Å²) in [6.45, 7) is 7.77. The van der Waals surface area contributed by atoms with Crippen molar-refractivity contribution >= 4 is 0 Å². The smallest absolute Gasteiger partial charge is 0.122 e. The maximum Gasteiger partial charge on any atom is 0.122 e. The molecule has 2 unspecified atom stereocenters. The highest BCUT2D eigenvalue weighted by Crippen LogP contribution is 2.39. The van der Waals surface area contributed by atoms with Crippen LogP contribution in [-0.4, -0.2) is 6.61 Å². The van der Waals surface area contributed by atoms with E-state index in [1.165, 1.54) is 56.1 Å². The minimum atomic E-state index is 0.720. The van der Waals surface area contributed by atoms with Gasteiger partial charge in [-0.25, -0.2) is 0 Å². The second kappa shape index (κ2) is 7.71. The molecule has 0 fully saturated rings. The molecule has 20 heavy (non-hydrogen) atoms. The van der Waals surface area contributed by atoms with Crippen molar-refractivity contribution in [2.45, 2.75) is 77.6 Å². The molecule has 0 spiro atoms. The van der Waals surface area contributed by atoms with Crippen LogP contribution in [-0.2, 0) is 0 Å². The lowest BCUT2D eigenvalue weighted by Gasteiger charge is -2.27. The summed E-state index contributed by atoms with van der Waals surface area (Å²) in [5, 5.41) is 0. The lowest BCUT2D eigenvalue weighted by molar-refractivity contribution is 0.261. The molecule has 0 aliphatic carbocycles. The van der Waals surface area contributed by atoms with Gasteiger partial charge in [-0.2, -0.15) is 0 Å². The van der Waals surface area contributed by atoms with E-state index >= 15 is 0 Å². The Hall–Kier alpha value is -0.980. The van der Waals surface area contributed by atoms with Gasteiger partial charge in [-0.05, 0) is 54.7 Å². The second-order valence-corrected chi connectivity index (χ2v) is 6.17. The van der Waals surface area contributed by atoms with Crippen molar-refractivity contribution in [3.63, 3.8) is 0 Å². The molecular formula is C19H30O. The molecule has 1 heteroatoms. The summed E-state index contributed by atoms with van der Waals surface area (Å²) in [7, 11) is 0. The Kier molecular flexibility index (Phi) is 5.94. The fraction of sp³-hybridized carbons (Fsp3) is 0.684. The van der Waals surface area contributed by atoms with Crippen LogP contribution in [0.3, 0.4) is 0 Å². The molecular weight excluding hydrogens is 244 g/mol. The van der Waals surface area contributed by atoms with Gasteiger partial charge in [0, 0.05) is 0 Å². The van der Waals surface area contributed by atoms with E-state index in [-0.39, 0.29) is 0 Å². The summed E-state index contributed by atoms with van der Waals surface area (Å²) in [5.74, 6) is 2.59. The zero-order chi connectivity index (χ0) is 14.4. The molecule has 1 aromatic rings. The zero-order valence-corrected chi connectivity index (χ0v) is 13.5. The van der Waals surface area contributed by atoms with Crippen molar-refractivity contribution in [3.05, 3.63) is 29.3 Å². The van der Waals surface area contributed by atoms with Crippen LogP contribution in [0.1, 0.15) is 88.7 Å². The quantitative estimate of drug-likeness (QED) is 0.589. The molecule has 0 aromatic heterocycles. The Morgan fingerprint density at radius 3 is 2.75 bits per heavy atom. The van der Waals surface area contributed by atoms with Gasteiger partial charge >= 0.3 is 0 Å². The van der Waals surface area contributed by atoms with Gasteiger partial charge in [-0.3, -0.25) is 0 Å². The fourth-order valence-electron chi connectivity index (χ4n) is 3.44. The first-order chi connectivity index (χ1) is 9.80. The summed E-state index contributed by atoms with van der Waals surface area (Å²) in [6, 6.07) is 6.98. The van der Waals surface area contributed by atoms with E-state index in [0.29, 0.717) is 0 Å². The lowest BCUT2D eigenvalue weighted by atomic mass is 9.84. The fourth-order valence-corrected chi connectivity index (χ4v) is 3.44. The molecule has 0 saturated heterocycles. The van der Waals surface area contributed by atoms with Crippen molar-refractivity contribution in [2.24, 2.45) is 0 Å². The number of rotatable bonds is 7. The molecule has 1 aliphatic rings. The summed E-state index contributed by atoms with van der Waals surface area (Å²) < 4.78 is 5.86. The van der Waals surface area contributed by atoms with E-state index in [1.807, 2.05) is 0 Å². The first kappa shape index (κ1) is 15.4. The predicted molar refractivity (Wildman–Crippen MR) is 86.8 cm³/mol. The molecule has 0 N–H and O–H groups in total. The van der Waals surface area contributed by atoms with Crippen LogP contribution in [0.4, 0.5) is 0 Å². The molecule has 2 atom stereocenters. The van der Waals surface area contributed by atoms with E-state index < -0.39 is 0 Å². The topological polar surface area (TPSA) is 9.23 Å². The highest BCUT2D eigenvalue weighted by molar-refractivity contribution is 5.42. The molecule has 2 rings (SSSR count). The number of benzene rings is 1. The van der Waals surface area contributed by atoms with Gasteiger partial charge in [0.1, 0.15) is 5.75 Å². The maximum absolute atomic E-state index is 5.86. The van der Waals surface area contributed by atoms with Crippen LogP contribution in [0.25, 0.3) is 0 Å². The monoisotopic (exact) mass is 274 g/mol. The van der Waals surface area contributed by atoms with Crippen LogP contribution in [0.5, 0.6) is 5.75 Å². The highest BCUT2D eigenvalue weighted by Gasteiger charge is 2.22. The van der Waals surface area contributed by atoms with E-state index in [2.05, 4.69) is 39.0 Å². The number of ether oxygens (including phenoxy) is 1. The number of unbranched alkanes of at least 4 members (excludes halogenated alkanes) is 1. The molecule has 0 amide bonds. The van der Waals surface area contributed by atoms with Gasteiger partial charge in [0.05, 0.1) is 6.61 Å². The number of hydrogen-bond acceptors (Lipinski definition) is 1. The van der Waals surface area contributed by atoms with Crippen molar-refractivity contribution < 1.29 is 4.74 Å². The van der Waals surface area contributed by atoms with Crippen molar-refractivity contribution in [2.75, 3.05) is 6.61 Å². The summed E-state index contributed by atoms with van der Waals surface area (Å²) in [4.78, 5) is 0. The summed E-state index contributed by atoms with van der Waals surface area (Å²) in [6.07, 6.45) is 8.95. The van der Waals surface area contributed by atoms with Gasteiger partial charge in [-0.15, -0.1) is 0 Å². The minimum Gasteiger partial charge on any atom is -0.493 e. The van der Waals surface area contributed by atoms with E-state index in [1.54, 1.807) is 0 Å². The Labute approximate surface area is 124 Å². The second-order valence-electron chi connectivity index (χ2n) is 6.17. The van der Waals surface area contributed by atoms with Crippen LogP contribution in [0.2, 0.25) is 0 Å². The third kappa shape index (κ3) is 3.56. The van der Waals surface area contributed by atoms with Crippen molar-refractivity contribution in [1.82, 2.24) is 0 Å². The Balaban J connectivity index is 2.22. The van der Waals surface area contributed by atoms with Crippen LogP contribution in [0, 0.1) is 0 Å². The van der Waals surface area contributed by atoms with E-state index in [4.69, 9.17) is 4.74 Å². The molecule has 112 valence electrons. The molecule has 1 aliphatic heterocycles. The Bertz CT molecular complexity index is 410.